The molecule has 4 aliphatic rings. The lowest BCUT2D eigenvalue weighted by Gasteiger charge is -2.61. The molecule has 4 aliphatic carbocycles. The molecule has 0 aromatic carbocycles. The van der Waals surface area contributed by atoms with Crippen LogP contribution >= 0.6 is 12.2 Å². The Morgan fingerprint density at radius 1 is 1.23 bits per heavy atom. The minimum atomic E-state index is -0.0812. The van der Waals surface area contributed by atoms with E-state index in [4.69, 9.17) is 12.2 Å². The second-order valence-electron chi connectivity index (χ2n) is 9.67. The molecule has 0 radical (unpaired) electrons. The van der Waals surface area contributed by atoms with Gasteiger partial charge in [0.2, 0.25) is 5.91 Å². The molecule has 2 heterocycles. The molecule has 10 nitrogen and oxygen atoms in total. The molecule has 3 N–H and O–H groups in total. The number of nitrogens with one attached hydrogen (secondary N) is 3. The predicted molar refractivity (Wildman–Crippen MR) is 118 cm³/mol. The first-order chi connectivity index (χ1) is 14.9. The van der Waals surface area contributed by atoms with Crippen LogP contribution in [-0.4, -0.2) is 41.0 Å². The van der Waals surface area contributed by atoms with Gasteiger partial charge in [-0.2, -0.15) is 9.90 Å². The Balaban J connectivity index is 1.20. The molecular weight excluding hydrogens is 414 g/mol. The van der Waals surface area contributed by atoms with Crippen molar-refractivity contribution in [2.45, 2.75) is 70.9 Å². The van der Waals surface area contributed by atoms with Gasteiger partial charge in [0.15, 0.2) is 11.4 Å². The Labute approximate surface area is 186 Å². The summed E-state index contributed by atoms with van der Waals surface area (Å²) in [7, 11) is 0. The van der Waals surface area contributed by atoms with Crippen LogP contribution in [0.1, 0.15) is 57.6 Å². The Morgan fingerprint density at radius 3 is 2.65 bits per heavy atom. The quantitative estimate of drug-likeness (QED) is 0.474. The van der Waals surface area contributed by atoms with E-state index in [0.717, 1.165) is 50.0 Å². The highest BCUT2D eigenvalue weighted by atomic mass is 32.1. The maximum Gasteiger partial charge on any atom is 0.238 e. The summed E-state index contributed by atoms with van der Waals surface area (Å²) >= 11 is 5.35. The lowest BCUT2D eigenvalue weighted by molar-refractivity contribution is -0.139. The van der Waals surface area contributed by atoms with Gasteiger partial charge in [-0.25, -0.2) is 0 Å². The number of carbonyl (C=O) groups excluding carboxylic acids is 1. The van der Waals surface area contributed by atoms with Crippen LogP contribution in [0.2, 0.25) is 0 Å². The number of carbonyl (C=O) groups is 1. The van der Waals surface area contributed by atoms with Gasteiger partial charge in [-0.05, 0) is 87.1 Å². The highest BCUT2D eigenvalue weighted by molar-refractivity contribution is 7.80. The molecule has 0 saturated heterocycles. The van der Waals surface area contributed by atoms with E-state index >= 15 is 0 Å². The van der Waals surface area contributed by atoms with Crippen LogP contribution in [0.15, 0.2) is 12.5 Å². The SMILES string of the molecule is CCn1ncc(NC(=S)NNC(=O)CC23C[C@H]4C[C@H](C2)CC(n2ncnn2)(C4)C3)c1C. The van der Waals surface area contributed by atoms with Crippen LogP contribution in [0.3, 0.4) is 0 Å². The van der Waals surface area contributed by atoms with Gasteiger partial charge < -0.3 is 5.32 Å². The minimum absolute atomic E-state index is 0.00260. The van der Waals surface area contributed by atoms with Crippen LogP contribution in [-0.2, 0) is 16.9 Å². The Bertz CT molecular complexity index is 971. The molecule has 4 bridgehead atoms. The van der Waals surface area contributed by atoms with E-state index in [1.54, 1.807) is 6.20 Å². The number of hydrogen-bond donors (Lipinski definition) is 3. The smallest absolute Gasteiger partial charge is 0.238 e. The lowest BCUT2D eigenvalue weighted by atomic mass is 9.46. The first-order valence-electron chi connectivity index (χ1n) is 11.0. The van der Waals surface area contributed by atoms with Crippen molar-refractivity contribution in [3.8, 4) is 0 Å². The van der Waals surface area contributed by atoms with E-state index in [0.29, 0.717) is 23.4 Å². The zero-order valence-electron chi connectivity index (χ0n) is 18.0. The fraction of sp³-hybridized carbons (Fsp3) is 0.700. The molecule has 0 unspecified atom stereocenters. The number of rotatable bonds is 5. The lowest BCUT2D eigenvalue weighted by Crippen LogP contribution is -2.58. The first kappa shape index (κ1) is 20.3. The predicted octanol–water partition coefficient (Wildman–Crippen LogP) is 1.90. The number of aromatic nitrogens is 6. The van der Waals surface area contributed by atoms with E-state index in [-0.39, 0.29) is 16.9 Å². The Morgan fingerprint density at radius 2 is 2.00 bits per heavy atom. The maximum absolute atomic E-state index is 12.9. The summed E-state index contributed by atoms with van der Waals surface area (Å²) in [6, 6.07) is 0. The molecule has 4 fully saturated rings. The summed E-state index contributed by atoms with van der Waals surface area (Å²) in [4.78, 5) is 14.7. The van der Waals surface area contributed by atoms with Crippen LogP contribution < -0.4 is 16.2 Å². The van der Waals surface area contributed by atoms with E-state index < -0.39 is 0 Å². The third-order valence-corrected chi connectivity index (χ3v) is 7.63. The summed E-state index contributed by atoms with van der Waals surface area (Å²) in [6.07, 6.45) is 10.3. The molecule has 31 heavy (non-hydrogen) atoms. The van der Waals surface area contributed by atoms with Gasteiger partial charge >= 0.3 is 0 Å². The number of anilines is 1. The minimum Gasteiger partial charge on any atom is -0.329 e. The number of nitrogens with zero attached hydrogens (tertiary/aromatic N) is 6. The van der Waals surface area contributed by atoms with Gasteiger partial charge in [-0.1, -0.05) is 0 Å². The van der Waals surface area contributed by atoms with E-state index in [1.807, 2.05) is 23.3 Å². The summed E-state index contributed by atoms with van der Waals surface area (Å²) in [6.45, 7) is 4.81. The topological polar surface area (TPSA) is 115 Å². The summed E-state index contributed by atoms with van der Waals surface area (Å²) in [5, 5.41) is 20.3. The molecule has 1 amide bonds. The van der Waals surface area contributed by atoms with Crippen LogP contribution in [0.4, 0.5) is 5.69 Å². The molecule has 6 rings (SSSR count). The second-order valence-corrected chi connectivity index (χ2v) is 10.1. The maximum atomic E-state index is 12.9. The van der Waals surface area contributed by atoms with Crippen LogP contribution in [0, 0.1) is 24.2 Å². The van der Waals surface area contributed by atoms with Crippen molar-refractivity contribution in [1.82, 2.24) is 40.8 Å². The number of thiocarbonyl (C=S) groups is 1. The summed E-state index contributed by atoms with van der Waals surface area (Å²) in [5.41, 5.74) is 7.39. The number of hydrazine groups is 1. The van der Waals surface area contributed by atoms with E-state index in [9.17, 15) is 4.79 Å². The third kappa shape index (κ3) is 3.68. The Kier molecular flexibility index (Phi) is 4.95. The van der Waals surface area contributed by atoms with Crippen molar-refractivity contribution in [2.75, 3.05) is 5.32 Å². The molecule has 2 atom stereocenters. The molecule has 2 aromatic rings. The molecule has 4 saturated carbocycles. The largest absolute Gasteiger partial charge is 0.329 e. The standard InChI is InChI=1S/C20H29N9OS/c1-3-28-13(2)16(10-22-28)24-18(31)26-25-17(30)9-19-5-14-4-15(6-19)8-20(7-14,11-19)29-23-12-21-27-29/h10,12,14-15H,3-9,11H2,1-2H3,(H,25,30)(H2,24,26,31)/t14-,15-,19?,20?/m1/s1. The van der Waals surface area contributed by atoms with E-state index in [1.165, 1.54) is 12.7 Å². The average Bonchev–Trinajstić information content (AvgIpc) is 3.36. The molecule has 166 valence electrons. The van der Waals surface area contributed by atoms with Gasteiger partial charge in [0.25, 0.3) is 0 Å². The molecule has 11 heteroatoms. The van der Waals surface area contributed by atoms with Crippen molar-refractivity contribution in [3.63, 3.8) is 0 Å². The first-order valence-corrected chi connectivity index (χ1v) is 11.4. The highest BCUT2D eigenvalue weighted by Crippen LogP contribution is 2.64. The number of amides is 1. The normalized spacial score (nSPS) is 30.9. The molecule has 2 aromatic heterocycles. The molecule has 0 spiro atoms. The fourth-order valence-corrected chi connectivity index (χ4v) is 6.94. The van der Waals surface area contributed by atoms with Gasteiger partial charge in [0, 0.05) is 13.0 Å². The zero-order chi connectivity index (χ0) is 21.6. The molecular formula is C20H29N9OS. The highest BCUT2D eigenvalue weighted by Gasteiger charge is 2.59. The summed E-state index contributed by atoms with van der Waals surface area (Å²) < 4.78 is 1.89. The van der Waals surface area contributed by atoms with Gasteiger partial charge in [-0.15, -0.1) is 10.2 Å². The molecule has 0 aliphatic heterocycles. The number of hydrogen-bond acceptors (Lipinski definition) is 6. The van der Waals surface area contributed by atoms with Crippen LogP contribution in [0.25, 0.3) is 0 Å². The van der Waals surface area contributed by atoms with Gasteiger partial charge in [0.05, 0.1) is 23.1 Å². The monoisotopic (exact) mass is 443 g/mol. The van der Waals surface area contributed by atoms with Crippen molar-refractivity contribution < 1.29 is 4.79 Å². The number of aryl methyl sites for hydroxylation is 1. The van der Waals surface area contributed by atoms with Crippen LogP contribution in [0.5, 0.6) is 0 Å². The van der Waals surface area contributed by atoms with Crippen molar-refractivity contribution in [3.05, 3.63) is 18.2 Å². The second kappa shape index (κ2) is 7.54. The summed E-state index contributed by atoms with van der Waals surface area (Å²) in [5.74, 6) is 1.23. The average molecular weight is 444 g/mol. The van der Waals surface area contributed by atoms with E-state index in [2.05, 4.69) is 36.7 Å². The van der Waals surface area contributed by atoms with Gasteiger partial charge in [-0.3, -0.25) is 20.3 Å². The number of tetrazole rings is 1. The van der Waals surface area contributed by atoms with Crippen molar-refractivity contribution in [1.29, 1.82) is 0 Å². The third-order valence-electron chi connectivity index (χ3n) is 7.43. The fourth-order valence-electron chi connectivity index (χ4n) is 6.78. The van der Waals surface area contributed by atoms with Crippen molar-refractivity contribution in [2.24, 2.45) is 17.3 Å². The Hall–Kier alpha value is -2.56. The van der Waals surface area contributed by atoms with Gasteiger partial charge in [0.1, 0.15) is 0 Å². The zero-order valence-corrected chi connectivity index (χ0v) is 18.8. The van der Waals surface area contributed by atoms with Crippen molar-refractivity contribution >= 4 is 28.9 Å².